The number of piperidine rings is 1. The number of benzene rings is 1. The van der Waals surface area contributed by atoms with Crippen LogP contribution in [0.2, 0.25) is 0 Å². The molecule has 1 saturated carbocycles. The van der Waals surface area contributed by atoms with Gasteiger partial charge in [-0.15, -0.1) is 0 Å². The number of hydrogen-bond acceptors (Lipinski definition) is 4. The second-order valence-electron chi connectivity index (χ2n) is 9.90. The Hall–Kier alpha value is -1.92. The van der Waals surface area contributed by atoms with E-state index < -0.39 is 16.6 Å². The van der Waals surface area contributed by atoms with E-state index in [0.717, 1.165) is 19.4 Å². The first-order valence-corrected chi connectivity index (χ1v) is 11.4. The van der Waals surface area contributed by atoms with E-state index in [1.807, 2.05) is 13.8 Å². The molecule has 0 radical (unpaired) electrons. The lowest BCUT2D eigenvalue weighted by atomic mass is 9.46. The summed E-state index contributed by atoms with van der Waals surface area (Å²) in [5, 5.41) is 12.3. The van der Waals surface area contributed by atoms with Crippen molar-refractivity contribution in [2.45, 2.75) is 75.5 Å². The molecule has 1 spiro atoms. The van der Waals surface area contributed by atoms with Crippen LogP contribution in [0.15, 0.2) is 18.2 Å². The Balaban J connectivity index is 1.72. The van der Waals surface area contributed by atoms with Gasteiger partial charge in [-0.2, -0.15) is 0 Å². The largest absolute Gasteiger partial charge is 0.387 e. The molecule has 0 aromatic heterocycles. The maximum absolute atomic E-state index is 13.6. The molecule has 1 aromatic carbocycles. The molecule has 4 aliphatic rings. The summed E-state index contributed by atoms with van der Waals surface area (Å²) in [7, 11) is 2.11. The maximum Gasteiger partial charge on any atom is 0.327 e. The first kappa shape index (κ1) is 20.0. The first-order valence-electron chi connectivity index (χ1n) is 11.4. The van der Waals surface area contributed by atoms with E-state index in [0.29, 0.717) is 32.4 Å². The Morgan fingerprint density at radius 3 is 2.60 bits per heavy atom. The van der Waals surface area contributed by atoms with E-state index in [2.05, 4.69) is 37.1 Å². The Labute approximate surface area is 178 Å². The number of nitrogens with zero attached hydrogens (tertiary/aromatic N) is 3. The molecule has 2 bridgehead atoms. The Kier molecular flexibility index (Phi) is 4.20. The van der Waals surface area contributed by atoms with Crippen LogP contribution in [0, 0.1) is 6.92 Å². The van der Waals surface area contributed by atoms with Gasteiger partial charge in [0.15, 0.2) is 0 Å². The van der Waals surface area contributed by atoms with E-state index in [-0.39, 0.29) is 18.0 Å². The van der Waals surface area contributed by atoms with Crippen LogP contribution in [0.3, 0.4) is 0 Å². The van der Waals surface area contributed by atoms with Gasteiger partial charge in [0.2, 0.25) is 0 Å². The van der Waals surface area contributed by atoms with Crippen molar-refractivity contribution < 1.29 is 14.7 Å². The highest BCUT2D eigenvalue weighted by Gasteiger charge is 2.71. The summed E-state index contributed by atoms with van der Waals surface area (Å²) in [5.41, 5.74) is 1.45. The molecule has 1 N–H and O–H groups in total. The third-order valence-corrected chi connectivity index (χ3v) is 8.77. The second kappa shape index (κ2) is 6.30. The lowest BCUT2D eigenvalue weighted by Crippen LogP contribution is -2.76. The van der Waals surface area contributed by atoms with Crippen molar-refractivity contribution in [3.05, 3.63) is 34.9 Å². The van der Waals surface area contributed by atoms with Crippen LogP contribution in [-0.4, -0.2) is 75.6 Å². The fourth-order valence-corrected chi connectivity index (χ4v) is 7.28. The quantitative estimate of drug-likeness (QED) is 0.760. The van der Waals surface area contributed by atoms with E-state index in [1.54, 1.807) is 4.90 Å². The van der Waals surface area contributed by atoms with Gasteiger partial charge in [-0.05, 0) is 77.6 Å². The van der Waals surface area contributed by atoms with Gasteiger partial charge in [0.05, 0.1) is 5.60 Å². The molecule has 2 saturated heterocycles. The molecule has 3 amide bonds. The number of likely N-dealkylation sites (N-methyl/N-ethyl adjacent to an activating group) is 3. The Morgan fingerprint density at radius 1 is 1.13 bits per heavy atom. The van der Waals surface area contributed by atoms with Crippen molar-refractivity contribution in [3.63, 3.8) is 0 Å². The van der Waals surface area contributed by atoms with Crippen LogP contribution >= 0.6 is 0 Å². The molecular formula is C24H33N3O3. The van der Waals surface area contributed by atoms with Gasteiger partial charge in [-0.1, -0.05) is 23.8 Å². The molecule has 2 aliphatic carbocycles. The van der Waals surface area contributed by atoms with Crippen molar-refractivity contribution >= 4 is 11.9 Å². The Bertz CT molecular complexity index is 932. The number of amides is 3. The molecule has 6 heteroatoms. The summed E-state index contributed by atoms with van der Waals surface area (Å²) in [5.74, 6) is -0.0662. The van der Waals surface area contributed by atoms with Crippen LogP contribution < -0.4 is 0 Å². The van der Waals surface area contributed by atoms with Gasteiger partial charge in [-0.3, -0.25) is 9.69 Å². The van der Waals surface area contributed by atoms with Crippen molar-refractivity contribution in [2.24, 2.45) is 0 Å². The van der Waals surface area contributed by atoms with Crippen LogP contribution in [0.4, 0.5) is 4.79 Å². The summed E-state index contributed by atoms with van der Waals surface area (Å²) >= 11 is 0. The van der Waals surface area contributed by atoms with Crippen LogP contribution in [0.5, 0.6) is 0 Å². The maximum atomic E-state index is 13.6. The van der Waals surface area contributed by atoms with Crippen molar-refractivity contribution in [1.82, 2.24) is 14.7 Å². The Morgan fingerprint density at radius 2 is 1.90 bits per heavy atom. The monoisotopic (exact) mass is 411 g/mol. The number of likely N-dealkylation sites (tertiary alicyclic amines) is 1. The minimum atomic E-state index is -0.881. The fourth-order valence-electron chi connectivity index (χ4n) is 7.28. The highest BCUT2D eigenvalue weighted by atomic mass is 16.3. The fraction of sp³-hybridized carbons (Fsp3) is 0.667. The van der Waals surface area contributed by atoms with Gasteiger partial charge in [0, 0.05) is 24.5 Å². The number of carbonyl (C=O) groups excluding carboxylic acids is 2. The molecule has 4 atom stereocenters. The highest BCUT2D eigenvalue weighted by Crippen LogP contribution is 2.61. The normalized spacial score (nSPS) is 38.2. The number of aryl methyl sites for hydroxylation is 1. The van der Waals surface area contributed by atoms with Crippen LogP contribution in [0.25, 0.3) is 0 Å². The third-order valence-electron chi connectivity index (χ3n) is 8.77. The van der Waals surface area contributed by atoms with E-state index in [1.165, 1.54) is 21.6 Å². The predicted molar refractivity (Wildman–Crippen MR) is 114 cm³/mol. The van der Waals surface area contributed by atoms with Crippen LogP contribution in [-0.2, 0) is 16.6 Å². The summed E-state index contributed by atoms with van der Waals surface area (Å²) in [6, 6.07) is 6.46. The zero-order valence-electron chi connectivity index (χ0n) is 18.6. The summed E-state index contributed by atoms with van der Waals surface area (Å²) in [6.07, 6.45) is 3.24. The van der Waals surface area contributed by atoms with Gasteiger partial charge < -0.3 is 14.9 Å². The molecule has 6 nitrogen and oxygen atoms in total. The second-order valence-corrected chi connectivity index (χ2v) is 9.90. The third kappa shape index (κ3) is 2.16. The number of hydrogen-bond donors (Lipinski definition) is 1. The smallest absolute Gasteiger partial charge is 0.327 e. The van der Waals surface area contributed by atoms with Crippen LogP contribution in [0.1, 0.15) is 56.2 Å². The topological polar surface area (TPSA) is 64.1 Å². The van der Waals surface area contributed by atoms with Gasteiger partial charge in [0.1, 0.15) is 5.54 Å². The number of imide groups is 1. The molecule has 162 valence electrons. The van der Waals surface area contributed by atoms with E-state index >= 15 is 0 Å². The average Bonchev–Trinajstić information content (AvgIpc) is 2.91. The molecular weight excluding hydrogens is 378 g/mol. The number of fused-ring (bicyclic) bond motifs is 1. The van der Waals surface area contributed by atoms with Crippen molar-refractivity contribution in [2.75, 3.05) is 26.7 Å². The van der Waals surface area contributed by atoms with Crippen molar-refractivity contribution in [1.29, 1.82) is 0 Å². The molecule has 5 rings (SSSR count). The number of aliphatic hydroxyl groups is 1. The minimum absolute atomic E-state index is 0.0448. The number of urea groups is 1. The average molecular weight is 412 g/mol. The SMILES string of the molecule is CCN1C(=O)N(CC)[C@]2(CC[C@@]3(O)[C@H]4Cc5ccc(C)cc5[C@@]3(CCN4C)C2)C1=O. The zero-order chi connectivity index (χ0) is 21.5. The number of carbonyl (C=O) groups is 2. The predicted octanol–water partition coefficient (Wildman–Crippen LogP) is 2.45. The number of rotatable bonds is 2. The van der Waals surface area contributed by atoms with Gasteiger partial charge in [0.25, 0.3) is 5.91 Å². The van der Waals surface area contributed by atoms with E-state index in [9.17, 15) is 14.7 Å². The highest BCUT2D eigenvalue weighted by molar-refractivity contribution is 6.07. The first-order chi connectivity index (χ1) is 14.2. The molecule has 3 fully saturated rings. The molecule has 0 unspecified atom stereocenters. The summed E-state index contributed by atoms with van der Waals surface area (Å²) < 4.78 is 0. The van der Waals surface area contributed by atoms with Crippen molar-refractivity contribution in [3.8, 4) is 0 Å². The summed E-state index contributed by atoms with van der Waals surface area (Å²) in [4.78, 5) is 32.2. The standard InChI is InChI=1S/C24H33N3O3/c1-5-26-20(28)23(27(6-2)21(26)29)9-10-24(30)19-14-17-8-7-16(3)13-18(17)22(24,15-23)11-12-25(19)4/h7-8,13,19,30H,5-6,9-12,14-15H2,1-4H3/t19-,22-,23+,24-/m1/s1. The summed E-state index contributed by atoms with van der Waals surface area (Å²) in [6.45, 7) is 7.72. The van der Waals surface area contributed by atoms with Gasteiger partial charge in [-0.25, -0.2) is 4.79 Å². The lowest BCUT2D eigenvalue weighted by Gasteiger charge is -2.66. The van der Waals surface area contributed by atoms with E-state index in [4.69, 9.17) is 0 Å². The molecule has 2 aliphatic heterocycles. The molecule has 30 heavy (non-hydrogen) atoms. The lowest BCUT2D eigenvalue weighted by molar-refractivity contribution is -0.184. The minimum Gasteiger partial charge on any atom is -0.387 e. The molecule has 1 aromatic rings. The molecule has 2 heterocycles. The van der Waals surface area contributed by atoms with Gasteiger partial charge >= 0.3 is 6.03 Å². The zero-order valence-corrected chi connectivity index (χ0v) is 18.6.